The zero-order valence-electron chi connectivity index (χ0n) is 16.0. The molecule has 0 saturated heterocycles. The molecule has 1 aliphatic rings. The molecule has 1 atom stereocenters. The first-order valence-corrected chi connectivity index (χ1v) is 10.8. The smallest absolute Gasteiger partial charge is 0.292 e. The molecule has 1 aromatic carbocycles. The molecule has 2 aromatic rings. The van der Waals surface area contributed by atoms with E-state index in [-0.39, 0.29) is 22.9 Å². The van der Waals surface area contributed by atoms with Crippen molar-refractivity contribution < 1.29 is 27.6 Å². The summed E-state index contributed by atoms with van der Waals surface area (Å²) < 4.78 is 38.4. The average molecular weight is 471 g/mol. The Bertz CT molecular complexity index is 970. The van der Waals surface area contributed by atoms with Crippen molar-refractivity contribution in [3.8, 4) is 0 Å². The molecule has 164 valence electrons. The van der Waals surface area contributed by atoms with Crippen LogP contribution < -0.4 is 10.0 Å². The molecule has 0 saturated carbocycles. The number of alkyl halides is 3. The number of hydrogen-bond donors (Lipinski definition) is 2. The standard InChI is InChI=1S/C18H16F3N5O3S2/c1-2-13(26-14(27)10-5-3-4-6-11(10)15(26)28)31-17-22-8-7-12(24-17)23-16(29)25-30-9-18(19,20)21/h3-8,13H,2,9H2,1H3,(H2,22,23,24,25,29). The van der Waals surface area contributed by atoms with Crippen molar-refractivity contribution in [1.29, 1.82) is 0 Å². The van der Waals surface area contributed by atoms with Crippen LogP contribution in [0.2, 0.25) is 0 Å². The molecule has 4 amide bonds. The van der Waals surface area contributed by atoms with E-state index in [0.29, 0.717) is 17.5 Å². The quantitative estimate of drug-likeness (QED) is 0.273. The second kappa shape index (κ2) is 9.56. The molecular weight excluding hydrogens is 455 g/mol. The Morgan fingerprint density at radius 1 is 1.16 bits per heavy atom. The number of nitrogens with one attached hydrogen (secondary N) is 2. The number of urea groups is 1. The van der Waals surface area contributed by atoms with Gasteiger partial charge < -0.3 is 0 Å². The van der Waals surface area contributed by atoms with Crippen LogP contribution in [0, 0.1) is 0 Å². The lowest BCUT2D eigenvalue weighted by molar-refractivity contribution is -0.105. The fourth-order valence-electron chi connectivity index (χ4n) is 2.70. The number of carbonyl (C=O) groups is 3. The van der Waals surface area contributed by atoms with Gasteiger partial charge in [0, 0.05) is 6.20 Å². The normalized spacial score (nSPS) is 14.4. The number of aromatic nitrogens is 2. The molecule has 3 rings (SSSR count). The van der Waals surface area contributed by atoms with Crippen LogP contribution in [-0.2, 0) is 0 Å². The van der Waals surface area contributed by atoms with Gasteiger partial charge in [0.1, 0.15) is 11.6 Å². The molecule has 1 unspecified atom stereocenters. The summed E-state index contributed by atoms with van der Waals surface area (Å²) in [7, 11) is 0. The van der Waals surface area contributed by atoms with Gasteiger partial charge in [-0.1, -0.05) is 30.8 Å². The fraction of sp³-hybridized carbons (Fsp3) is 0.278. The van der Waals surface area contributed by atoms with Gasteiger partial charge in [0.15, 0.2) is 5.16 Å². The van der Waals surface area contributed by atoms with Crippen molar-refractivity contribution in [2.45, 2.75) is 30.1 Å². The zero-order valence-corrected chi connectivity index (χ0v) is 17.6. The van der Waals surface area contributed by atoms with Crippen molar-refractivity contribution in [2.24, 2.45) is 0 Å². The molecule has 13 heteroatoms. The van der Waals surface area contributed by atoms with Gasteiger partial charge in [0.05, 0.1) is 16.5 Å². The molecule has 0 spiro atoms. The van der Waals surface area contributed by atoms with Gasteiger partial charge in [-0.3, -0.25) is 24.5 Å². The van der Waals surface area contributed by atoms with Crippen LogP contribution in [0.5, 0.6) is 0 Å². The number of anilines is 1. The maximum Gasteiger partial charge on any atom is 0.399 e. The molecule has 31 heavy (non-hydrogen) atoms. The fourth-order valence-corrected chi connectivity index (χ4v) is 4.10. The first-order chi connectivity index (χ1) is 14.7. The Morgan fingerprint density at radius 2 is 1.81 bits per heavy atom. The molecule has 1 aliphatic heterocycles. The third kappa shape index (κ3) is 5.67. The minimum absolute atomic E-state index is 0.0554. The van der Waals surface area contributed by atoms with Crippen molar-refractivity contribution in [3.05, 3.63) is 47.7 Å². The number of imide groups is 1. The Labute approximate surface area is 183 Å². The average Bonchev–Trinajstić information content (AvgIpc) is 2.96. The van der Waals surface area contributed by atoms with Gasteiger partial charge in [-0.2, -0.15) is 13.2 Å². The third-order valence-corrected chi connectivity index (χ3v) is 6.01. The summed E-state index contributed by atoms with van der Waals surface area (Å²) in [6.45, 7) is 1.80. The summed E-state index contributed by atoms with van der Waals surface area (Å²) in [4.78, 5) is 46.5. The van der Waals surface area contributed by atoms with Crippen molar-refractivity contribution in [1.82, 2.24) is 19.6 Å². The minimum Gasteiger partial charge on any atom is -0.292 e. The molecule has 2 N–H and O–H groups in total. The second-order valence-electron chi connectivity index (χ2n) is 6.19. The van der Waals surface area contributed by atoms with Gasteiger partial charge in [0.2, 0.25) is 0 Å². The van der Waals surface area contributed by atoms with Crippen LogP contribution in [0.3, 0.4) is 0 Å². The van der Waals surface area contributed by atoms with Crippen molar-refractivity contribution in [2.75, 3.05) is 11.1 Å². The summed E-state index contributed by atoms with van der Waals surface area (Å²) in [6, 6.07) is 7.01. The van der Waals surface area contributed by atoms with Crippen LogP contribution in [0.15, 0.2) is 41.7 Å². The topological polar surface area (TPSA) is 104 Å². The van der Waals surface area contributed by atoms with Crippen LogP contribution in [-0.4, -0.2) is 50.0 Å². The van der Waals surface area contributed by atoms with Crippen LogP contribution >= 0.6 is 23.7 Å². The molecular formula is C18H16F3N5O3S2. The van der Waals surface area contributed by atoms with Gasteiger partial charge in [-0.15, -0.1) is 0 Å². The Morgan fingerprint density at radius 3 is 2.39 bits per heavy atom. The van der Waals surface area contributed by atoms with Crippen molar-refractivity contribution >= 4 is 47.4 Å². The number of rotatable bonds is 7. The highest BCUT2D eigenvalue weighted by Crippen LogP contribution is 2.32. The summed E-state index contributed by atoms with van der Waals surface area (Å²) in [5.74, 6) is -1.99. The molecule has 0 aliphatic carbocycles. The lowest BCUT2D eigenvalue weighted by Crippen LogP contribution is -2.37. The summed E-state index contributed by atoms with van der Waals surface area (Å²) >= 11 is 1.26. The Hall–Kier alpha value is -2.80. The maximum absolute atomic E-state index is 12.7. The number of hydrogen-bond acceptors (Lipinski definition) is 7. The summed E-state index contributed by atoms with van der Waals surface area (Å²) in [5.41, 5.74) is 0.659. The van der Waals surface area contributed by atoms with E-state index in [1.54, 1.807) is 31.2 Å². The van der Waals surface area contributed by atoms with Gasteiger partial charge in [-0.25, -0.2) is 14.8 Å². The largest absolute Gasteiger partial charge is 0.399 e. The highest BCUT2D eigenvalue weighted by molar-refractivity contribution is 7.99. The van der Waals surface area contributed by atoms with E-state index >= 15 is 0 Å². The lowest BCUT2D eigenvalue weighted by Gasteiger charge is -2.23. The third-order valence-electron chi connectivity index (χ3n) is 3.98. The predicted octanol–water partition coefficient (Wildman–Crippen LogP) is 3.93. The highest BCUT2D eigenvalue weighted by atomic mass is 32.2. The summed E-state index contributed by atoms with van der Waals surface area (Å²) in [5, 5.41) is 1.91. The van der Waals surface area contributed by atoms with Crippen LogP contribution in [0.1, 0.15) is 34.1 Å². The SMILES string of the molecule is CCC(Sc1nccc(NC(=O)NSCC(F)(F)F)n1)N1C(=O)c2ccccc2C1=O. The minimum atomic E-state index is -4.41. The van der Waals surface area contributed by atoms with Crippen molar-refractivity contribution in [3.63, 3.8) is 0 Å². The first kappa shape index (κ1) is 22.9. The second-order valence-corrected chi connectivity index (χ2v) is 8.12. The number of amides is 4. The lowest BCUT2D eigenvalue weighted by atomic mass is 10.1. The predicted molar refractivity (Wildman–Crippen MR) is 110 cm³/mol. The number of thioether (sulfide) groups is 1. The van der Waals surface area contributed by atoms with Gasteiger partial charge >= 0.3 is 12.2 Å². The number of fused-ring (bicyclic) bond motifs is 1. The molecule has 8 nitrogen and oxygen atoms in total. The van der Waals surface area contributed by atoms with E-state index in [1.165, 1.54) is 12.3 Å². The Balaban J connectivity index is 1.65. The monoisotopic (exact) mass is 471 g/mol. The molecule has 0 bridgehead atoms. The van der Waals surface area contributed by atoms with E-state index in [0.717, 1.165) is 16.7 Å². The number of benzene rings is 1. The highest BCUT2D eigenvalue weighted by Gasteiger charge is 2.39. The van der Waals surface area contributed by atoms with Crippen LogP contribution in [0.4, 0.5) is 23.8 Å². The molecule has 0 fully saturated rings. The van der Waals surface area contributed by atoms with E-state index in [9.17, 15) is 27.6 Å². The maximum atomic E-state index is 12.7. The molecule has 2 heterocycles. The van der Waals surface area contributed by atoms with E-state index < -0.39 is 35.1 Å². The van der Waals surface area contributed by atoms with Gasteiger partial charge in [0.25, 0.3) is 11.8 Å². The number of nitrogens with zero attached hydrogens (tertiary/aromatic N) is 3. The van der Waals surface area contributed by atoms with Crippen LogP contribution in [0.25, 0.3) is 0 Å². The first-order valence-electron chi connectivity index (χ1n) is 8.91. The summed E-state index contributed by atoms with van der Waals surface area (Å²) in [6.07, 6.45) is -2.63. The number of carbonyl (C=O) groups excluding carboxylic acids is 3. The van der Waals surface area contributed by atoms with Gasteiger partial charge in [-0.05, 0) is 36.6 Å². The van der Waals surface area contributed by atoms with E-state index in [2.05, 4.69) is 15.3 Å². The number of halogens is 3. The van der Waals surface area contributed by atoms with E-state index in [1.807, 2.05) is 4.72 Å². The molecule has 1 aromatic heterocycles. The Kier molecular flexibility index (Phi) is 7.05. The zero-order chi connectivity index (χ0) is 22.6. The molecule has 0 radical (unpaired) electrons. The van der Waals surface area contributed by atoms with E-state index in [4.69, 9.17) is 0 Å².